The first-order chi connectivity index (χ1) is 8.42. The molecule has 2 amide bonds. The minimum Gasteiger partial charge on any atom is -0.480 e. The molecule has 0 aliphatic rings. The molecule has 0 aromatic rings. The van der Waals surface area contributed by atoms with Gasteiger partial charge in [-0.1, -0.05) is 27.2 Å². The van der Waals surface area contributed by atoms with Crippen LogP contribution in [0.2, 0.25) is 0 Å². The molecule has 0 aromatic heterocycles. The van der Waals surface area contributed by atoms with Crippen LogP contribution in [0.3, 0.4) is 0 Å². The van der Waals surface area contributed by atoms with Gasteiger partial charge in [-0.05, 0) is 12.3 Å². The van der Waals surface area contributed by atoms with E-state index in [2.05, 4.69) is 10.6 Å². The van der Waals surface area contributed by atoms with Crippen molar-refractivity contribution in [1.29, 1.82) is 0 Å². The normalized spacial score (nSPS) is 14.1. The quantitative estimate of drug-likeness (QED) is 0.612. The molecule has 1 unspecified atom stereocenters. The molecule has 0 saturated heterocycles. The summed E-state index contributed by atoms with van der Waals surface area (Å²) < 4.78 is 5.00. The van der Waals surface area contributed by atoms with Crippen molar-refractivity contribution >= 4 is 12.0 Å². The fraction of sp³-hybridized carbons (Fsp3) is 0.833. The first-order valence-corrected chi connectivity index (χ1v) is 6.21. The predicted molar refractivity (Wildman–Crippen MR) is 68.5 cm³/mol. The molecule has 0 bridgehead atoms. The summed E-state index contributed by atoms with van der Waals surface area (Å²) in [5.41, 5.74) is 0. The van der Waals surface area contributed by atoms with Gasteiger partial charge in [0.2, 0.25) is 0 Å². The molecule has 0 fully saturated rings. The van der Waals surface area contributed by atoms with Crippen molar-refractivity contribution in [3.05, 3.63) is 0 Å². The maximum Gasteiger partial charge on any atom is 0.326 e. The third kappa shape index (κ3) is 6.44. The van der Waals surface area contributed by atoms with Gasteiger partial charge < -0.3 is 20.5 Å². The number of nitrogens with one attached hydrogen (secondary N) is 2. The maximum atomic E-state index is 11.7. The summed E-state index contributed by atoms with van der Waals surface area (Å²) in [4.78, 5) is 22.6. The number of hydrogen-bond acceptors (Lipinski definition) is 3. The first kappa shape index (κ1) is 16.7. The number of ether oxygens (including phenoxy) is 1. The molecule has 3 N–H and O–H groups in total. The van der Waals surface area contributed by atoms with Crippen LogP contribution >= 0.6 is 0 Å². The third-order valence-electron chi connectivity index (χ3n) is 2.56. The molecule has 0 rings (SSSR count). The SMILES string of the molecule is CCCC(COC)NC(=O)N[C@H](C(=O)O)C(C)C. The van der Waals surface area contributed by atoms with Crippen molar-refractivity contribution in [2.45, 2.75) is 45.7 Å². The van der Waals surface area contributed by atoms with Gasteiger partial charge in [0.1, 0.15) is 6.04 Å². The van der Waals surface area contributed by atoms with Crippen molar-refractivity contribution in [2.24, 2.45) is 5.92 Å². The zero-order valence-electron chi connectivity index (χ0n) is 11.5. The molecule has 106 valence electrons. The summed E-state index contributed by atoms with van der Waals surface area (Å²) in [6.07, 6.45) is 1.71. The fourth-order valence-electron chi connectivity index (χ4n) is 1.63. The Balaban J connectivity index is 4.32. The first-order valence-electron chi connectivity index (χ1n) is 6.21. The minimum atomic E-state index is -1.03. The van der Waals surface area contributed by atoms with Gasteiger partial charge in [0.15, 0.2) is 0 Å². The van der Waals surface area contributed by atoms with Gasteiger partial charge in [0, 0.05) is 7.11 Å². The predicted octanol–water partition coefficient (Wildman–Crippen LogP) is 1.21. The van der Waals surface area contributed by atoms with Crippen LogP contribution in [0.1, 0.15) is 33.6 Å². The third-order valence-corrected chi connectivity index (χ3v) is 2.56. The molecule has 0 saturated carbocycles. The summed E-state index contributed by atoms with van der Waals surface area (Å²) >= 11 is 0. The van der Waals surface area contributed by atoms with Gasteiger partial charge in [-0.3, -0.25) is 0 Å². The smallest absolute Gasteiger partial charge is 0.326 e. The van der Waals surface area contributed by atoms with Crippen LogP contribution in [-0.4, -0.2) is 42.9 Å². The Labute approximate surface area is 108 Å². The van der Waals surface area contributed by atoms with Crippen molar-refractivity contribution in [3.63, 3.8) is 0 Å². The Bertz CT molecular complexity index is 263. The summed E-state index contributed by atoms with van der Waals surface area (Å²) in [5, 5.41) is 14.1. The maximum absolute atomic E-state index is 11.7. The molecular formula is C12H24N2O4. The van der Waals surface area contributed by atoms with Crippen LogP contribution in [-0.2, 0) is 9.53 Å². The summed E-state index contributed by atoms with van der Waals surface area (Å²) in [7, 11) is 1.57. The number of carbonyl (C=O) groups is 2. The van der Waals surface area contributed by atoms with E-state index in [0.717, 1.165) is 12.8 Å². The van der Waals surface area contributed by atoms with Crippen LogP contribution in [0.15, 0.2) is 0 Å². The van der Waals surface area contributed by atoms with Crippen molar-refractivity contribution in [2.75, 3.05) is 13.7 Å². The van der Waals surface area contributed by atoms with Gasteiger partial charge in [0.25, 0.3) is 0 Å². The lowest BCUT2D eigenvalue weighted by molar-refractivity contribution is -0.140. The van der Waals surface area contributed by atoms with Crippen LogP contribution in [0.4, 0.5) is 4.79 Å². The Hall–Kier alpha value is -1.30. The second-order valence-electron chi connectivity index (χ2n) is 4.62. The van der Waals surface area contributed by atoms with Crippen LogP contribution < -0.4 is 10.6 Å². The molecule has 0 radical (unpaired) electrons. The van der Waals surface area contributed by atoms with E-state index in [1.165, 1.54) is 0 Å². The standard InChI is InChI=1S/C12H24N2O4/c1-5-6-9(7-18-4)13-12(17)14-10(8(2)3)11(15)16/h8-10H,5-7H2,1-4H3,(H,15,16)(H2,13,14,17)/t9?,10-/m0/s1. The van der Waals surface area contributed by atoms with E-state index in [1.54, 1.807) is 21.0 Å². The molecule has 0 aromatic carbocycles. The van der Waals surface area contributed by atoms with Crippen molar-refractivity contribution in [1.82, 2.24) is 10.6 Å². The van der Waals surface area contributed by atoms with Crippen molar-refractivity contribution < 1.29 is 19.4 Å². The van der Waals surface area contributed by atoms with Gasteiger partial charge in [-0.15, -0.1) is 0 Å². The molecular weight excluding hydrogens is 236 g/mol. The molecule has 0 spiro atoms. The van der Waals surface area contributed by atoms with E-state index in [0.29, 0.717) is 6.61 Å². The van der Waals surface area contributed by atoms with E-state index < -0.39 is 18.0 Å². The molecule has 0 aliphatic heterocycles. The number of carbonyl (C=O) groups excluding carboxylic acids is 1. The van der Waals surface area contributed by atoms with Crippen LogP contribution in [0.25, 0.3) is 0 Å². The molecule has 18 heavy (non-hydrogen) atoms. The summed E-state index contributed by atoms with van der Waals surface area (Å²) in [6.45, 7) is 5.92. The zero-order chi connectivity index (χ0) is 14.1. The highest BCUT2D eigenvalue weighted by atomic mass is 16.5. The number of carboxylic acid groups (broad SMARTS) is 1. The van der Waals surface area contributed by atoms with Gasteiger partial charge in [0.05, 0.1) is 12.6 Å². The van der Waals surface area contributed by atoms with E-state index in [1.807, 2.05) is 6.92 Å². The number of urea groups is 1. The minimum absolute atomic E-state index is 0.0957. The van der Waals surface area contributed by atoms with E-state index in [4.69, 9.17) is 9.84 Å². The Morgan fingerprint density at radius 3 is 2.28 bits per heavy atom. The van der Waals surface area contributed by atoms with Crippen LogP contribution in [0, 0.1) is 5.92 Å². The van der Waals surface area contributed by atoms with Gasteiger partial charge in [-0.2, -0.15) is 0 Å². The van der Waals surface area contributed by atoms with Crippen molar-refractivity contribution in [3.8, 4) is 0 Å². The average molecular weight is 260 g/mol. The number of carboxylic acids is 1. The number of amides is 2. The molecule has 0 heterocycles. The number of methoxy groups -OCH3 is 1. The highest BCUT2D eigenvalue weighted by Gasteiger charge is 2.24. The summed E-state index contributed by atoms with van der Waals surface area (Å²) in [6, 6.07) is -1.44. The number of rotatable bonds is 8. The largest absolute Gasteiger partial charge is 0.480 e. The Morgan fingerprint density at radius 2 is 1.89 bits per heavy atom. The molecule has 6 nitrogen and oxygen atoms in total. The second-order valence-corrected chi connectivity index (χ2v) is 4.62. The summed E-state index contributed by atoms with van der Waals surface area (Å²) in [5.74, 6) is -1.20. The molecule has 6 heteroatoms. The number of hydrogen-bond donors (Lipinski definition) is 3. The van der Waals surface area contributed by atoms with E-state index in [9.17, 15) is 9.59 Å². The van der Waals surface area contributed by atoms with Crippen LogP contribution in [0.5, 0.6) is 0 Å². The lowest BCUT2D eigenvalue weighted by Gasteiger charge is -2.22. The fourth-order valence-corrected chi connectivity index (χ4v) is 1.63. The molecule has 2 atom stereocenters. The Morgan fingerprint density at radius 1 is 1.28 bits per heavy atom. The molecule has 0 aliphatic carbocycles. The highest BCUT2D eigenvalue weighted by molar-refractivity contribution is 5.82. The van der Waals surface area contributed by atoms with E-state index in [-0.39, 0.29) is 12.0 Å². The van der Waals surface area contributed by atoms with Gasteiger partial charge >= 0.3 is 12.0 Å². The monoisotopic (exact) mass is 260 g/mol. The highest BCUT2D eigenvalue weighted by Crippen LogP contribution is 2.02. The zero-order valence-corrected chi connectivity index (χ0v) is 11.5. The van der Waals surface area contributed by atoms with Gasteiger partial charge in [-0.25, -0.2) is 9.59 Å². The lowest BCUT2D eigenvalue weighted by Crippen LogP contribution is -2.51. The lowest BCUT2D eigenvalue weighted by atomic mass is 10.1. The number of aliphatic carboxylic acids is 1. The Kier molecular flexibility index (Phi) is 8.11. The van der Waals surface area contributed by atoms with E-state index >= 15 is 0 Å². The average Bonchev–Trinajstić information content (AvgIpc) is 2.25. The second kappa shape index (κ2) is 8.74. The topological polar surface area (TPSA) is 87.7 Å².